The quantitative estimate of drug-likeness (QED) is 0.474. The molecule has 0 spiro atoms. The van der Waals surface area contributed by atoms with Gasteiger partial charge < -0.3 is 19.7 Å². The van der Waals surface area contributed by atoms with Gasteiger partial charge in [-0.1, -0.05) is 61.0 Å². The summed E-state index contributed by atoms with van der Waals surface area (Å²) >= 11 is 6.40. The molecule has 29 heavy (non-hydrogen) atoms. The Bertz CT molecular complexity index is 929. The Hall–Kier alpha value is -2.53. The van der Waals surface area contributed by atoms with E-state index in [1.54, 1.807) is 18.2 Å². The molecule has 0 aliphatic rings. The molecule has 1 unspecified atom stereocenters. The summed E-state index contributed by atoms with van der Waals surface area (Å²) < 4.78 is 11.8. The predicted octanol–water partition coefficient (Wildman–Crippen LogP) is 5.69. The summed E-state index contributed by atoms with van der Waals surface area (Å²) in [7, 11) is 0. The SMILES string of the molecule is CCC(O)(CCO)c1ccc(Oc2cccc(OCc3ccccc3)c2)cc1Cl. The van der Waals surface area contributed by atoms with Gasteiger partial charge in [-0.05, 0) is 36.2 Å². The van der Waals surface area contributed by atoms with Gasteiger partial charge in [0.05, 0.1) is 10.6 Å². The van der Waals surface area contributed by atoms with Crippen molar-refractivity contribution in [1.82, 2.24) is 0 Å². The van der Waals surface area contributed by atoms with E-state index in [0.717, 1.165) is 5.56 Å². The van der Waals surface area contributed by atoms with Crippen LogP contribution in [0.25, 0.3) is 0 Å². The van der Waals surface area contributed by atoms with Crippen LogP contribution < -0.4 is 9.47 Å². The van der Waals surface area contributed by atoms with Crippen LogP contribution in [-0.2, 0) is 12.2 Å². The van der Waals surface area contributed by atoms with E-state index in [-0.39, 0.29) is 13.0 Å². The van der Waals surface area contributed by atoms with Crippen molar-refractivity contribution in [2.75, 3.05) is 6.61 Å². The van der Waals surface area contributed by atoms with Gasteiger partial charge in [0.2, 0.25) is 0 Å². The lowest BCUT2D eigenvalue weighted by molar-refractivity contribution is 0.00786. The van der Waals surface area contributed by atoms with E-state index in [1.165, 1.54) is 0 Å². The summed E-state index contributed by atoms with van der Waals surface area (Å²) in [6, 6.07) is 22.5. The second kappa shape index (κ2) is 9.79. The first-order valence-electron chi connectivity index (χ1n) is 9.62. The fourth-order valence-electron chi connectivity index (χ4n) is 3.13. The molecule has 152 valence electrons. The Balaban J connectivity index is 1.71. The molecule has 5 heteroatoms. The highest BCUT2D eigenvalue weighted by Gasteiger charge is 2.29. The van der Waals surface area contributed by atoms with Crippen molar-refractivity contribution >= 4 is 11.6 Å². The zero-order valence-electron chi connectivity index (χ0n) is 16.3. The molecule has 3 aromatic carbocycles. The molecule has 0 radical (unpaired) electrons. The van der Waals surface area contributed by atoms with Crippen molar-refractivity contribution in [2.24, 2.45) is 0 Å². The highest BCUT2D eigenvalue weighted by molar-refractivity contribution is 6.31. The number of hydrogen-bond donors (Lipinski definition) is 2. The van der Waals surface area contributed by atoms with Crippen LogP contribution in [0.2, 0.25) is 5.02 Å². The molecule has 0 fully saturated rings. The van der Waals surface area contributed by atoms with Crippen LogP contribution >= 0.6 is 11.6 Å². The number of rotatable bonds is 9. The molecule has 3 aromatic rings. The minimum absolute atomic E-state index is 0.116. The predicted molar refractivity (Wildman–Crippen MR) is 115 cm³/mol. The molecule has 0 aliphatic heterocycles. The van der Waals surface area contributed by atoms with E-state index in [4.69, 9.17) is 21.1 Å². The van der Waals surface area contributed by atoms with E-state index < -0.39 is 5.60 Å². The number of aliphatic hydroxyl groups excluding tert-OH is 1. The zero-order valence-corrected chi connectivity index (χ0v) is 17.1. The van der Waals surface area contributed by atoms with Crippen LogP contribution in [0.3, 0.4) is 0 Å². The monoisotopic (exact) mass is 412 g/mol. The Morgan fingerprint density at radius 1 is 0.897 bits per heavy atom. The minimum atomic E-state index is -1.16. The third-order valence-corrected chi connectivity index (χ3v) is 5.15. The topological polar surface area (TPSA) is 58.9 Å². The maximum Gasteiger partial charge on any atom is 0.131 e. The maximum absolute atomic E-state index is 10.7. The number of hydrogen-bond acceptors (Lipinski definition) is 4. The van der Waals surface area contributed by atoms with Gasteiger partial charge in [-0.2, -0.15) is 0 Å². The van der Waals surface area contributed by atoms with Gasteiger partial charge in [0.15, 0.2) is 0 Å². The molecule has 2 N–H and O–H groups in total. The molecule has 0 aliphatic carbocycles. The van der Waals surface area contributed by atoms with Crippen LogP contribution in [0.15, 0.2) is 72.8 Å². The molecule has 0 saturated carbocycles. The Morgan fingerprint density at radius 3 is 2.31 bits per heavy atom. The lowest BCUT2D eigenvalue weighted by atomic mass is 9.88. The minimum Gasteiger partial charge on any atom is -0.489 e. The summed E-state index contributed by atoms with van der Waals surface area (Å²) in [5.41, 5.74) is 0.519. The van der Waals surface area contributed by atoms with Crippen molar-refractivity contribution in [1.29, 1.82) is 0 Å². The summed E-state index contributed by atoms with van der Waals surface area (Å²) in [4.78, 5) is 0. The first kappa shape index (κ1) is 21.2. The molecule has 4 nitrogen and oxygen atoms in total. The van der Waals surface area contributed by atoms with E-state index in [9.17, 15) is 10.2 Å². The summed E-state index contributed by atoms with van der Waals surface area (Å²) in [5.74, 6) is 1.89. The van der Waals surface area contributed by atoms with Gasteiger partial charge in [0, 0.05) is 24.7 Å². The molecule has 3 rings (SSSR count). The second-order valence-electron chi connectivity index (χ2n) is 6.85. The molecular formula is C24H25ClO4. The van der Waals surface area contributed by atoms with Crippen LogP contribution in [0.1, 0.15) is 30.9 Å². The Labute approximate surface area is 176 Å². The van der Waals surface area contributed by atoms with Crippen molar-refractivity contribution in [3.05, 3.63) is 88.9 Å². The lowest BCUT2D eigenvalue weighted by Gasteiger charge is -2.27. The number of ether oxygens (including phenoxy) is 2. The van der Waals surface area contributed by atoms with Gasteiger partial charge in [-0.15, -0.1) is 0 Å². The maximum atomic E-state index is 10.7. The van der Waals surface area contributed by atoms with Crippen LogP contribution in [0.4, 0.5) is 0 Å². The molecule has 0 aromatic heterocycles. The van der Waals surface area contributed by atoms with Gasteiger partial charge in [-0.25, -0.2) is 0 Å². The van der Waals surface area contributed by atoms with Crippen molar-refractivity contribution < 1.29 is 19.7 Å². The van der Waals surface area contributed by atoms with E-state index in [0.29, 0.717) is 40.9 Å². The largest absolute Gasteiger partial charge is 0.489 e. The molecule has 0 saturated heterocycles. The van der Waals surface area contributed by atoms with E-state index >= 15 is 0 Å². The Kier molecular flexibility index (Phi) is 7.15. The number of aliphatic hydroxyl groups is 2. The zero-order chi connectivity index (χ0) is 20.7. The van der Waals surface area contributed by atoms with Crippen LogP contribution in [0, 0.1) is 0 Å². The molecule has 0 heterocycles. The van der Waals surface area contributed by atoms with Gasteiger partial charge in [-0.3, -0.25) is 0 Å². The lowest BCUT2D eigenvalue weighted by Crippen LogP contribution is -2.26. The van der Waals surface area contributed by atoms with Crippen molar-refractivity contribution in [2.45, 2.75) is 32.0 Å². The average molecular weight is 413 g/mol. The third kappa shape index (κ3) is 5.51. The van der Waals surface area contributed by atoms with Crippen molar-refractivity contribution in [3.8, 4) is 17.2 Å². The fourth-order valence-corrected chi connectivity index (χ4v) is 3.47. The number of halogens is 1. The average Bonchev–Trinajstić information content (AvgIpc) is 2.73. The van der Waals surface area contributed by atoms with Crippen molar-refractivity contribution in [3.63, 3.8) is 0 Å². The highest BCUT2D eigenvalue weighted by atomic mass is 35.5. The van der Waals surface area contributed by atoms with Crippen LogP contribution in [-0.4, -0.2) is 16.8 Å². The van der Waals surface area contributed by atoms with Gasteiger partial charge in [0.25, 0.3) is 0 Å². The smallest absolute Gasteiger partial charge is 0.131 e. The fraction of sp³-hybridized carbons (Fsp3) is 0.250. The molecule has 1 atom stereocenters. The standard InChI is InChI=1S/C24H25ClO4/c1-2-24(27,13-14-26)22-12-11-21(16-23(22)25)29-20-10-6-9-19(15-20)28-17-18-7-4-3-5-8-18/h3-12,15-16,26-27H,2,13-14,17H2,1H3. The molecule has 0 bridgehead atoms. The molecular weight excluding hydrogens is 388 g/mol. The second-order valence-corrected chi connectivity index (χ2v) is 7.26. The van der Waals surface area contributed by atoms with Crippen LogP contribution in [0.5, 0.6) is 17.2 Å². The van der Waals surface area contributed by atoms with Gasteiger partial charge in [0.1, 0.15) is 23.9 Å². The summed E-state index contributed by atoms with van der Waals surface area (Å²) in [6.45, 7) is 2.22. The first-order chi connectivity index (χ1) is 14.0. The normalized spacial score (nSPS) is 13.0. The summed E-state index contributed by atoms with van der Waals surface area (Å²) in [6.07, 6.45) is 0.679. The third-order valence-electron chi connectivity index (χ3n) is 4.84. The Morgan fingerprint density at radius 2 is 1.62 bits per heavy atom. The van der Waals surface area contributed by atoms with Gasteiger partial charge >= 0.3 is 0 Å². The first-order valence-corrected chi connectivity index (χ1v) is 10.00. The molecule has 0 amide bonds. The van der Waals surface area contributed by atoms with E-state index in [2.05, 4.69) is 0 Å². The highest BCUT2D eigenvalue weighted by Crippen LogP contribution is 2.37. The number of benzene rings is 3. The van der Waals surface area contributed by atoms with E-state index in [1.807, 2.05) is 61.5 Å². The summed E-state index contributed by atoms with van der Waals surface area (Å²) in [5, 5.41) is 20.4.